The highest BCUT2D eigenvalue weighted by Gasteiger charge is 2.58. The lowest BCUT2D eigenvalue weighted by Gasteiger charge is -2.31. The smallest absolute Gasteiger partial charge is 0.382 e. The van der Waals surface area contributed by atoms with E-state index in [0.29, 0.717) is 17.3 Å². The SMILES string of the molecule is C#CCOCC(C#N)(CC(Cc1ccccc1)(C(=O)O)[N+](=O)[O-])SC(=O)c1ccccc1. The van der Waals surface area contributed by atoms with Crippen molar-refractivity contribution in [3.8, 4) is 18.4 Å². The number of terminal acetylenes is 1. The second-order valence-corrected chi connectivity index (χ2v) is 8.35. The van der Waals surface area contributed by atoms with Crippen LogP contribution in [-0.2, 0) is 16.0 Å². The zero-order valence-corrected chi connectivity index (χ0v) is 17.8. The molecule has 2 aromatic carbocycles. The Morgan fingerprint density at radius 2 is 1.75 bits per heavy atom. The molecule has 0 amide bonds. The van der Waals surface area contributed by atoms with E-state index in [-0.39, 0.29) is 12.2 Å². The summed E-state index contributed by atoms with van der Waals surface area (Å²) in [7, 11) is 0. The first-order chi connectivity index (χ1) is 15.3. The van der Waals surface area contributed by atoms with Crippen molar-refractivity contribution in [2.24, 2.45) is 0 Å². The number of carbonyl (C=O) groups is 2. The Labute approximate surface area is 189 Å². The molecule has 0 aliphatic rings. The molecule has 0 fully saturated rings. The van der Waals surface area contributed by atoms with Crippen molar-refractivity contribution in [1.82, 2.24) is 0 Å². The minimum atomic E-state index is -2.57. The number of rotatable bonds is 11. The van der Waals surface area contributed by atoms with E-state index in [0.717, 1.165) is 0 Å². The predicted octanol–water partition coefficient (Wildman–Crippen LogP) is 3.21. The zero-order chi connectivity index (χ0) is 23.6. The lowest BCUT2D eigenvalue weighted by molar-refractivity contribution is -0.556. The minimum absolute atomic E-state index is 0.208. The predicted molar refractivity (Wildman–Crippen MR) is 118 cm³/mol. The van der Waals surface area contributed by atoms with E-state index >= 15 is 0 Å². The van der Waals surface area contributed by atoms with Crippen molar-refractivity contribution in [3.63, 3.8) is 0 Å². The normalized spacial score (nSPS) is 14.2. The number of thioether (sulfide) groups is 1. The first kappa shape index (κ1) is 24.6. The van der Waals surface area contributed by atoms with Gasteiger partial charge < -0.3 is 9.84 Å². The molecule has 164 valence electrons. The van der Waals surface area contributed by atoms with Crippen LogP contribution in [0.25, 0.3) is 0 Å². The van der Waals surface area contributed by atoms with Gasteiger partial charge in [0.25, 0.3) is 0 Å². The van der Waals surface area contributed by atoms with Gasteiger partial charge >= 0.3 is 11.5 Å². The van der Waals surface area contributed by atoms with Crippen molar-refractivity contribution in [2.45, 2.75) is 23.1 Å². The van der Waals surface area contributed by atoms with Crippen molar-refractivity contribution >= 4 is 22.8 Å². The molecular weight excluding hydrogens is 432 g/mol. The molecule has 0 aliphatic heterocycles. The summed E-state index contributed by atoms with van der Waals surface area (Å²) in [6.07, 6.45) is 3.93. The van der Waals surface area contributed by atoms with E-state index in [4.69, 9.17) is 11.2 Å². The molecule has 2 unspecified atom stereocenters. The standard InChI is InChI=1S/C23H20N2O6S/c1-2-13-31-17-22(16-24,32-20(26)19-11-7-4-8-12-19)15-23(21(27)28,25(29)30)14-18-9-5-3-6-10-18/h1,3-12H,13-15,17H2,(H,27,28). The maximum atomic E-state index is 12.8. The van der Waals surface area contributed by atoms with Gasteiger partial charge in [0.1, 0.15) is 11.4 Å². The fourth-order valence-electron chi connectivity index (χ4n) is 3.12. The van der Waals surface area contributed by atoms with Crippen LogP contribution in [0.5, 0.6) is 0 Å². The second-order valence-electron chi connectivity index (χ2n) is 6.99. The van der Waals surface area contributed by atoms with Gasteiger partial charge in [-0.25, -0.2) is 4.79 Å². The Bertz CT molecular complexity index is 1030. The third kappa shape index (κ3) is 5.94. The van der Waals surface area contributed by atoms with Crippen LogP contribution in [0, 0.1) is 33.8 Å². The van der Waals surface area contributed by atoms with Crippen LogP contribution in [0.3, 0.4) is 0 Å². The van der Waals surface area contributed by atoms with Gasteiger partial charge in [-0.2, -0.15) is 5.26 Å². The fourth-order valence-corrected chi connectivity index (χ4v) is 4.23. The second kappa shape index (κ2) is 11.1. The molecule has 9 heteroatoms. The highest BCUT2D eigenvalue weighted by atomic mass is 32.2. The Morgan fingerprint density at radius 1 is 1.16 bits per heavy atom. The van der Waals surface area contributed by atoms with Crippen LogP contribution >= 0.6 is 11.8 Å². The van der Waals surface area contributed by atoms with E-state index in [9.17, 15) is 30.1 Å². The van der Waals surface area contributed by atoms with Gasteiger partial charge in [0.15, 0.2) is 0 Å². The van der Waals surface area contributed by atoms with Gasteiger partial charge in [0, 0.05) is 10.5 Å². The van der Waals surface area contributed by atoms with Crippen molar-refractivity contribution in [2.75, 3.05) is 13.2 Å². The molecule has 2 atom stereocenters. The number of ether oxygens (including phenoxy) is 1. The number of hydrogen-bond donors (Lipinski definition) is 1. The number of carboxylic acid groups (broad SMARTS) is 1. The molecule has 0 bridgehead atoms. The Hall–Kier alpha value is -3.66. The van der Waals surface area contributed by atoms with Gasteiger partial charge in [-0.05, 0) is 5.56 Å². The number of carboxylic acids is 1. The molecule has 0 aliphatic carbocycles. The van der Waals surface area contributed by atoms with E-state index in [2.05, 4.69) is 5.92 Å². The number of aliphatic carboxylic acids is 1. The van der Waals surface area contributed by atoms with Crippen LogP contribution in [0.1, 0.15) is 22.3 Å². The number of benzene rings is 2. The minimum Gasteiger partial charge on any atom is -0.476 e. The number of hydrogen-bond acceptors (Lipinski definition) is 7. The lowest BCUT2D eigenvalue weighted by atomic mass is 9.82. The van der Waals surface area contributed by atoms with E-state index in [1.807, 2.05) is 6.07 Å². The lowest BCUT2D eigenvalue weighted by Crippen LogP contribution is -2.54. The number of carbonyl (C=O) groups excluding carboxylic acids is 1. The monoisotopic (exact) mass is 452 g/mol. The molecule has 2 rings (SSSR count). The van der Waals surface area contributed by atoms with Gasteiger partial charge in [-0.1, -0.05) is 78.3 Å². The molecule has 8 nitrogen and oxygen atoms in total. The summed E-state index contributed by atoms with van der Waals surface area (Å²) in [4.78, 5) is 36.2. The van der Waals surface area contributed by atoms with Crippen molar-refractivity contribution in [3.05, 3.63) is 81.9 Å². The van der Waals surface area contributed by atoms with Gasteiger partial charge in [0.2, 0.25) is 5.12 Å². The summed E-state index contributed by atoms with van der Waals surface area (Å²) in [5, 5.41) is 31.5. The quantitative estimate of drug-likeness (QED) is 0.238. The maximum Gasteiger partial charge on any atom is 0.382 e. The van der Waals surface area contributed by atoms with Gasteiger partial charge in [0.05, 0.1) is 25.5 Å². The highest BCUT2D eigenvalue weighted by molar-refractivity contribution is 8.15. The molecule has 0 radical (unpaired) electrons. The topological polar surface area (TPSA) is 131 Å². The third-order valence-corrected chi connectivity index (χ3v) is 5.85. The number of nitrogens with zero attached hydrogens (tertiary/aromatic N) is 2. The van der Waals surface area contributed by atoms with E-state index < -0.39 is 45.7 Å². The highest BCUT2D eigenvalue weighted by Crippen LogP contribution is 2.39. The average Bonchev–Trinajstić information content (AvgIpc) is 2.79. The third-order valence-electron chi connectivity index (χ3n) is 4.69. The van der Waals surface area contributed by atoms with Crippen LogP contribution in [-0.4, -0.2) is 44.6 Å². The molecule has 1 N–H and O–H groups in total. The molecule has 32 heavy (non-hydrogen) atoms. The van der Waals surface area contributed by atoms with Crippen LogP contribution < -0.4 is 0 Å². The van der Waals surface area contributed by atoms with Crippen molar-refractivity contribution in [1.29, 1.82) is 5.26 Å². The Morgan fingerprint density at radius 3 is 2.25 bits per heavy atom. The maximum absolute atomic E-state index is 12.8. The van der Waals surface area contributed by atoms with Crippen LogP contribution in [0.15, 0.2) is 60.7 Å². The molecule has 0 spiro atoms. The average molecular weight is 452 g/mol. The largest absolute Gasteiger partial charge is 0.476 e. The molecule has 2 aromatic rings. The summed E-state index contributed by atoms with van der Waals surface area (Å²) in [6, 6.07) is 18.0. The molecule has 0 saturated heterocycles. The fraction of sp³-hybridized carbons (Fsp3) is 0.261. The molecule has 0 saturated carbocycles. The zero-order valence-electron chi connectivity index (χ0n) is 17.0. The summed E-state index contributed by atoms with van der Waals surface area (Å²) in [6.45, 7) is -0.671. The summed E-state index contributed by atoms with van der Waals surface area (Å²) < 4.78 is 3.41. The van der Waals surface area contributed by atoms with Gasteiger partial charge in [-0.3, -0.25) is 14.9 Å². The molecular formula is C23H20N2O6S. The Kier molecular flexibility index (Phi) is 8.54. The van der Waals surface area contributed by atoms with Crippen molar-refractivity contribution < 1.29 is 24.4 Å². The molecule has 0 heterocycles. The molecule has 0 aromatic heterocycles. The Balaban J connectivity index is 2.50. The summed E-state index contributed by atoms with van der Waals surface area (Å²) in [5.41, 5.74) is -1.90. The van der Waals surface area contributed by atoms with Crippen LogP contribution in [0.4, 0.5) is 0 Å². The first-order valence-electron chi connectivity index (χ1n) is 9.41. The summed E-state index contributed by atoms with van der Waals surface area (Å²) >= 11 is 0.507. The van der Waals surface area contributed by atoms with E-state index in [1.54, 1.807) is 48.5 Å². The summed E-state index contributed by atoms with van der Waals surface area (Å²) in [5.74, 6) is 0.509. The number of nitriles is 1. The van der Waals surface area contributed by atoms with Crippen LogP contribution in [0.2, 0.25) is 0 Å². The first-order valence-corrected chi connectivity index (χ1v) is 10.2. The van der Waals surface area contributed by atoms with E-state index in [1.165, 1.54) is 12.1 Å². The number of nitro groups is 1. The van der Waals surface area contributed by atoms with Gasteiger partial charge in [-0.15, -0.1) is 6.42 Å².